The molecule has 1 aliphatic heterocycles. The molecular formula is C12H16O2. The summed E-state index contributed by atoms with van der Waals surface area (Å²) in [6.45, 7) is 6.82. The quantitative estimate of drug-likeness (QED) is 0.740. The highest BCUT2D eigenvalue weighted by Gasteiger charge is 2.31. The van der Waals surface area contributed by atoms with E-state index in [1.54, 1.807) is 6.92 Å². The molecule has 0 amide bonds. The van der Waals surface area contributed by atoms with Gasteiger partial charge in [0, 0.05) is 11.0 Å². The molecule has 0 aromatic heterocycles. The molecule has 1 heterocycles. The third kappa shape index (κ3) is 1.40. The van der Waals surface area contributed by atoms with Crippen molar-refractivity contribution in [2.45, 2.75) is 32.3 Å². The minimum Gasteiger partial charge on any atom is -0.492 e. The molecule has 0 aliphatic carbocycles. The van der Waals surface area contributed by atoms with Gasteiger partial charge in [-0.25, -0.2) is 0 Å². The van der Waals surface area contributed by atoms with Crippen molar-refractivity contribution in [1.82, 2.24) is 0 Å². The summed E-state index contributed by atoms with van der Waals surface area (Å²) in [6, 6.07) is 5.92. The van der Waals surface area contributed by atoms with Crippen LogP contribution in [0.25, 0.3) is 0 Å². The lowest BCUT2D eigenvalue weighted by Gasteiger charge is -2.16. The number of ether oxygens (including phenoxy) is 1. The molecule has 2 rings (SSSR count). The van der Waals surface area contributed by atoms with Gasteiger partial charge < -0.3 is 9.84 Å². The first-order valence-corrected chi connectivity index (χ1v) is 4.96. The largest absolute Gasteiger partial charge is 0.492 e. The standard InChI is InChI=1S/C12H16O2/c1-8(13)9-4-5-11-10(6-9)12(2,3)7-14-11/h4-6,8,13H,7H2,1-3H3/t8-/m0/s1. The van der Waals surface area contributed by atoms with Gasteiger partial charge in [0.1, 0.15) is 5.75 Å². The Bertz CT molecular complexity index is 353. The molecule has 0 saturated carbocycles. The molecule has 1 aromatic rings. The van der Waals surface area contributed by atoms with Gasteiger partial charge in [-0.15, -0.1) is 0 Å². The molecule has 1 N–H and O–H groups in total. The second-order valence-corrected chi connectivity index (χ2v) is 4.60. The summed E-state index contributed by atoms with van der Waals surface area (Å²) in [7, 11) is 0. The molecule has 1 aliphatic rings. The van der Waals surface area contributed by atoms with Crippen LogP contribution in [0.3, 0.4) is 0 Å². The van der Waals surface area contributed by atoms with Crippen LogP contribution in [0.2, 0.25) is 0 Å². The Morgan fingerprint density at radius 2 is 2.14 bits per heavy atom. The van der Waals surface area contributed by atoms with Crippen molar-refractivity contribution in [1.29, 1.82) is 0 Å². The summed E-state index contributed by atoms with van der Waals surface area (Å²) < 4.78 is 5.57. The van der Waals surface area contributed by atoms with E-state index in [1.165, 1.54) is 5.56 Å². The Morgan fingerprint density at radius 1 is 1.43 bits per heavy atom. The molecule has 2 nitrogen and oxygen atoms in total. The summed E-state index contributed by atoms with van der Waals surface area (Å²) in [5.74, 6) is 0.958. The first-order valence-electron chi connectivity index (χ1n) is 4.96. The Balaban J connectivity index is 2.48. The highest BCUT2D eigenvalue weighted by Crippen LogP contribution is 2.39. The molecule has 1 atom stereocenters. The topological polar surface area (TPSA) is 29.5 Å². The minimum atomic E-state index is -0.406. The normalized spacial score (nSPS) is 20.0. The van der Waals surface area contributed by atoms with Crippen molar-refractivity contribution in [3.8, 4) is 5.75 Å². The van der Waals surface area contributed by atoms with E-state index in [-0.39, 0.29) is 5.41 Å². The molecule has 0 fully saturated rings. The first-order chi connectivity index (χ1) is 6.50. The van der Waals surface area contributed by atoms with Crippen LogP contribution in [-0.4, -0.2) is 11.7 Å². The SMILES string of the molecule is C[C@H](O)c1ccc2c(c1)C(C)(C)CO2. The predicted molar refractivity (Wildman–Crippen MR) is 55.6 cm³/mol. The second-order valence-electron chi connectivity index (χ2n) is 4.60. The maximum Gasteiger partial charge on any atom is 0.123 e. The summed E-state index contributed by atoms with van der Waals surface area (Å²) in [5.41, 5.74) is 2.23. The van der Waals surface area contributed by atoms with Crippen molar-refractivity contribution in [3.05, 3.63) is 29.3 Å². The smallest absolute Gasteiger partial charge is 0.123 e. The zero-order valence-electron chi connectivity index (χ0n) is 8.87. The third-order valence-corrected chi connectivity index (χ3v) is 2.80. The van der Waals surface area contributed by atoms with Crippen LogP contribution in [0.5, 0.6) is 5.75 Å². The zero-order chi connectivity index (χ0) is 10.3. The minimum absolute atomic E-state index is 0.0697. The molecule has 76 valence electrons. The molecule has 0 bridgehead atoms. The van der Waals surface area contributed by atoms with Crippen LogP contribution in [0, 0.1) is 0 Å². The van der Waals surface area contributed by atoms with Crippen molar-refractivity contribution in [3.63, 3.8) is 0 Å². The number of aliphatic hydroxyl groups is 1. The molecule has 2 heteroatoms. The molecule has 0 spiro atoms. The lowest BCUT2D eigenvalue weighted by Crippen LogP contribution is -2.18. The fraction of sp³-hybridized carbons (Fsp3) is 0.500. The predicted octanol–water partition coefficient (Wildman–Crippen LogP) is 2.41. The average Bonchev–Trinajstić information content (AvgIpc) is 2.42. The van der Waals surface area contributed by atoms with Crippen LogP contribution in [0.15, 0.2) is 18.2 Å². The maximum atomic E-state index is 9.48. The van der Waals surface area contributed by atoms with E-state index in [0.29, 0.717) is 0 Å². The molecule has 0 radical (unpaired) electrons. The summed E-state index contributed by atoms with van der Waals surface area (Å²) >= 11 is 0. The van der Waals surface area contributed by atoms with Crippen LogP contribution in [0.4, 0.5) is 0 Å². The number of benzene rings is 1. The Morgan fingerprint density at radius 3 is 2.79 bits per heavy atom. The van der Waals surface area contributed by atoms with E-state index >= 15 is 0 Å². The van der Waals surface area contributed by atoms with Gasteiger partial charge in [0.25, 0.3) is 0 Å². The average molecular weight is 192 g/mol. The van der Waals surface area contributed by atoms with Gasteiger partial charge in [-0.3, -0.25) is 0 Å². The van der Waals surface area contributed by atoms with Gasteiger partial charge >= 0.3 is 0 Å². The zero-order valence-corrected chi connectivity index (χ0v) is 8.87. The highest BCUT2D eigenvalue weighted by molar-refractivity contribution is 5.45. The second kappa shape index (κ2) is 2.99. The Kier molecular flexibility index (Phi) is 2.04. The van der Waals surface area contributed by atoms with Crippen molar-refractivity contribution in [2.75, 3.05) is 6.61 Å². The number of hydrogen-bond acceptors (Lipinski definition) is 2. The van der Waals surface area contributed by atoms with Crippen LogP contribution in [-0.2, 0) is 5.41 Å². The molecule has 0 saturated heterocycles. The van der Waals surface area contributed by atoms with E-state index in [4.69, 9.17) is 4.74 Å². The highest BCUT2D eigenvalue weighted by atomic mass is 16.5. The molecule has 1 aromatic carbocycles. The van der Waals surface area contributed by atoms with E-state index in [9.17, 15) is 5.11 Å². The number of rotatable bonds is 1. The fourth-order valence-corrected chi connectivity index (χ4v) is 1.80. The van der Waals surface area contributed by atoms with Gasteiger partial charge in [-0.1, -0.05) is 19.9 Å². The van der Waals surface area contributed by atoms with Gasteiger partial charge in [0.05, 0.1) is 12.7 Å². The lowest BCUT2D eigenvalue weighted by molar-refractivity contribution is 0.199. The van der Waals surface area contributed by atoms with Gasteiger partial charge in [-0.2, -0.15) is 0 Å². The Hall–Kier alpha value is -1.02. The van der Waals surface area contributed by atoms with E-state index < -0.39 is 6.10 Å². The van der Waals surface area contributed by atoms with E-state index in [1.807, 2.05) is 18.2 Å². The van der Waals surface area contributed by atoms with Gasteiger partial charge in [0.15, 0.2) is 0 Å². The van der Waals surface area contributed by atoms with Crippen molar-refractivity contribution in [2.24, 2.45) is 0 Å². The summed E-state index contributed by atoms with van der Waals surface area (Å²) in [5, 5.41) is 9.48. The fourth-order valence-electron chi connectivity index (χ4n) is 1.80. The van der Waals surface area contributed by atoms with Gasteiger partial charge in [-0.05, 0) is 24.6 Å². The van der Waals surface area contributed by atoms with Crippen LogP contribution >= 0.6 is 0 Å². The van der Waals surface area contributed by atoms with E-state index in [2.05, 4.69) is 13.8 Å². The molecule has 0 unspecified atom stereocenters. The number of aliphatic hydroxyl groups excluding tert-OH is 1. The van der Waals surface area contributed by atoms with Crippen LogP contribution < -0.4 is 4.74 Å². The molecule has 14 heavy (non-hydrogen) atoms. The van der Waals surface area contributed by atoms with E-state index in [0.717, 1.165) is 17.9 Å². The number of fused-ring (bicyclic) bond motifs is 1. The summed E-state index contributed by atoms with van der Waals surface area (Å²) in [6.07, 6.45) is -0.406. The summed E-state index contributed by atoms with van der Waals surface area (Å²) in [4.78, 5) is 0. The number of hydrogen-bond donors (Lipinski definition) is 1. The Labute approximate surface area is 84.5 Å². The monoisotopic (exact) mass is 192 g/mol. The molecular weight excluding hydrogens is 176 g/mol. The first kappa shape index (κ1) is 9.53. The lowest BCUT2D eigenvalue weighted by atomic mass is 9.86. The van der Waals surface area contributed by atoms with Crippen molar-refractivity contribution < 1.29 is 9.84 Å². The third-order valence-electron chi connectivity index (χ3n) is 2.80. The van der Waals surface area contributed by atoms with Crippen molar-refractivity contribution >= 4 is 0 Å². The maximum absolute atomic E-state index is 9.48. The van der Waals surface area contributed by atoms with Gasteiger partial charge in [0.2, 0.25) is 0 Å². The van der Waals surface area contributed by atoms with Crippen LogP contribution in [0.1, 0.15) is 38.0 Å².